The molecular formula is C15H10ClN3. The van der Waals surface area contributed by atoms with Crippen LogP contribution in [-0.4, -0.2) is 15.2 Å². The number of halogens is 1. The Morgan fingerprint density at radius 1 is 0.842 bits per heavy atom. The van der Waals surface area contributed by atoms with Gasteiger partial charge in [-0.15, -0.1) is 10.2 Å². The quantitative estimate of drug-likeness (QED) is 0.708. The molecule has 0 unspecified atom stereocenters. The van der Waals surface area contributed by atoms with Gasteiger partial charge >= 0.3 is 0 Å². The number of nitrogens with zero attached hydrogens (tertiary/aromatic N) is 3. The molecule has 4 heteroatoms. The lowest BCUT2D eigenvalue weighted by atomic mass is 10.1. The van der Waals surface area contributed by atoms with Gasteiger partial charge in [0.05, 0.1) is 5.69 Å². The predicted octanol–water partition coefficient (Wildman–Crippen LogP) is 3.86. The van der Waals surface area contributed by atoms with Crippen molar-refractivity contribution in [2.24, 2.45) is 0 Å². The molecule has 92 valence electrons. The lowest BCUT2D eigenvalue weighted by Crippen LogP contribution is -1.92. The van der Waals surface area contributed by atoms with Crippen LogP contribution in [0, 0.1) is 0 Å². The van der Waals surface area contributed by atoms with Gasteiger partial charge in [-0.3, -0.25) is 4.98 Å². The molecule has 0 saturated heterocycles. The fourth-order valence-corrected chi connectivity index (χ4v) is 2.05. The second-order valence-corrected chi connectivity index (χ2v) is 4.40. The number of rotatable bonds is 2. The largest absolute Gasteiger partial charge is 0.264 e. The molecule has 0 spiro atoms. The molecule has 19 heavy (non-hydrogen) atoms. The molecule has 0 amide bonds. The van der Waals surface area contributed by atoms with Crippen molar-refractivity contribution in [3.63, 3.8) is 0 Å². The molecule has 3 aromatic rings. The van der Waals surface area contributed by atoms with Gasteiger partial charge < -0.3 is 0 Å². The van der Waals surface area contributed by atoms with E-state index in [1.165, 1.54) is 0 Å². The Balaban J connectivity index is 2.12. The maximum atomic E-state index is 6.13. The van der Waals surface area contributed by atoms with Crippen LogP contribution in [-0.2, 0) is 0 Å². The molecular weight excluding hydrogens is 258 g/mol. The van der Waals surface area contributed by atoms with Crippen LogP contribution < -0.4 is 0 Å². The molecule has 0 aliphatic carbocycles. The summed E-state index contributed by atoms with van der Waals surface area (Å²) in [4.78, 5) is 4.09. The van der Waals surface area contributed by atoms with Crippen LogP contribution in [0.1, 0.15) is 0 Å². The van der Waals surface area contributed by atoms with Crippen LogP contribution in [0.15, 0.2) is 60.9 Å². The Morgan fingerprint density at radius 2 is 1.63 bits per heavy atom. The minimum atomic E-state index is 0.402. The van der Waals surface area contributed by atoms with Crippen molar-refractivity contribution < 1.29 is 0 Å². The summed E-state index contributed by atoms with van der Waals surface area (Å²) < 4.78 is 0. The molecule has 3 nitrogen and oxygen atoms in total. The van der Waals surface area contributed by atoms with Gasteiger partial charge in [-0.2, -0.15) is 0 Å². The maximum Gasteiger partial charge on any atom is 0.159 e. The molecule has 0 fully saturated rings. The van der Waals surface area contributed by atoms with E-state index >= 15 is 0 Å². The first-order valence-electron chi connectivity index (χ1n) is 5.83. The van der Waals surface area contributed by atoms with E-state index in [1.54, 1.807) is 12.4 Å². The summed E-state index contributed by atoms with van der Waals surface area (Å²) in [6, 6.07) is 15.6. The van der Waals surface area contributed by atoms with Crippen molar-refractivity contribution in [2.45, 2.75) is 0 Å². The fourth-order valence-electron chi connectivity index (χ4n) is 1.85. The van der Waals surface area contributed by atoms with Gasteiger partial charge in [0.15, 0.2) is 5.15 Å². The highest BCUT2D eigenvalue weighted by molar-refractivity contribution is 6.32. The van der Waals surface area contributed by atoms with Crippen LogP contribution in [0.25, 0.3) is 22.4 Å². The second kappa shape index (κ2) is 5.16. The van der Waals surface area contributed by atoms with E-state index in [9.17, 15) is 0 Å². The highest BCUT2D eigenvalue weighted by atomic mass is 35.5. The molecule has 0 bridgehead atoms. The third kappa shape index (κ3) is 2.46. The minimum absolute atomic E-state index is 0.402. The van der Waals surface area contributed by atoms with Crippen LogP contribution in [0.2, 0.25) is 5.15 Å². The van der Waals surface area contributed by atoms with Crippen molar-refractivity contribution >= 4 is 11.6 Å². The average Bonchev–Trinajstić information content (AvgIpc) is 2.49. The first-order valence-corrected chi connectivity index (χ1v) is 6.21. The van der Waals surface area contributed by atoms with E-state index in [-0.39, 0.29) is 0 Å². The normalized spacial score (nSPS) is 10.4. The zero-order valence-electron chi connectivity index (χ0n) is 9.99. The summed E-state index contributed by atoms with van der Waals surface area (Å²) in [5.74, 6) is 0. The SMILES string of the molecule is Clc1nnc(-c2cccnc2)cc1-c1ccccc1. The van der Waals surface area contributed by atoms with Crippen LogP contribution >= 0.6 is 11.6 Å². The van der Waals surface area contributed by atoms with E-state index in [4.69, 9.17) is 11.6 Å². The summed E-state index contributed by atoms with van der Waals surface area (Å²) in [6.45, 7) is 0. The third-order valence-electron chi connectivity index (χ3n) is 2.79. The monoisotopic (exact) mass is 267 g/mol. The lowest BCUT2D eigenvalue weighted by Gasteiger charge is -2.05. The Kier molecular flexibility index (Phi) is 3.21. The van der Waals surface area contributed by atoms with Crippen molar-refractivity contribution in [3.8, 4) is 22.4 Å². The Morgan fingerprint density at radius 3 is 2.37 bits per heavy atom. The summed E-state index contributed by atoms with van der Waals surface area (Å²) in [5, 5.41) is 8.53. The lowest BCUT2D eigenvalue weighted by molar-refractivity contribution is 1.04. The molecule has 0 N–H and O–H groups in total. The summed E-state index contributed by atoms with van der Waals surface area (Å²) in [7, 11) is 0. The van der Waals surface area contributed by atoms with Crippen molar-refractivity contribution in [1.29, 1.82) is 0 Å². The molecule has 0 radical (unpaired) electrons. The Hall–Kier alpha value is -2.26. The van der Waals surface area contributed by atoms with E-state index in [2.05, 4.69) is 15.2 Å². The standard InChI is InChI=1S/C15H10ClN3/c16-15-13(11-5-2-1-3-6-11)9-14(18-19-15)12-7-4-8-17-10-12/h1-10H. The van der Waals surface area contributed by atoms with E-state index in [1.807, 2.05) is 48.5 Å². The Labute approximate surface area is 115 Å². The number of hydrogen-bond acceptors (Lipinski definition) is 3. The third-order valence-corrected chi connectivity index (χ3v) is 3.07. The zero-order valence-corrected chi connectivity index (χ0v) is 10.7. The molecule has 0 atom stereocenters. The minimum Gasteiger partial charge on any atom is -0.264 e. The van der Waals surface area contributed by atoms with Crippen LogP contribution in [0.3, 0.4) is 0 Å². The molecule has 0 aliphatic rings. The van der Waals surface area contributed by atoms with Gasteiger partial charge in [-0.05, 0) is 23.8 Å². The van der Waals surface area contributed by atoms with Gasteiger partial charge in [-0.1, -0.05) is 41.9 Å². The topological polar surface area (TPSA) is 38.7 Å². The summed E-state index contributed by atoms with van der Waals surface area (Å²) >= 11 is 6.13. The summed E-state index contributed by atoms with van der Waals surface area (Å²) in [5.41, 5.74) is 3.57. The molecule has 0 saturated carbocycles. The fraction of sp³-hybridized carbons (Fsp3) is 0. The molecule has 1 aromatic carbocycles. The number of hydrogen-bond donors (Lipinski definition) is 0. The molecule has 2 heterocycles. The number of benzene rings is 1. The second-order valence-electron chi connectivity index (χ2n) is 4.04. The van der Waals surface area contributed by atoms with Crippen molar-refractivity contribution in [3.05, 3.63) is 66.1 Å². The Bertz CT molecular complexity index is 684. The maximum absolute atomic E-state index is 6.13. The smallest absolute Gasteiger partial charge is 0.159 e. The molecule has 3 rings (SSSR count). The molecule has 0 aliphatic heterocycles. The first-order chi connectivity index (χ1) is 9.34. The van der Waals surface area contributed by atoms with Gasteiger partial charge in [0.25, 0.3) is 0 Å². The van der Waals surface area contributed by atoms with Gasteiger partial charge in [-0.25, -0.2) is 0 Å². The number of pyridine rings is 1. The van der Waals surface area contributed by atoms with E-state index < -0.39 is 0 Å². The van der Waals surface area contributed by atoms with Crippen molar-refractivity contribution in [1.82, 2.24) is 15.2 Å². The predicted molar refractivity (Wildman–Crippen MR) is 75.7 cm³/mol. The van der Waals surface area contributed by atoms with E-state index in [0.29, 0.717) is 5.15 Å². The van der Waals surface area contributed by atoms with Gasteiger partial charge in [0.1, 0.15) is 0 Å². The molecule has 2 aromatic heterocycles. The van der Waals surface area contributed by atoms with E-state index in [0.717, 1.165) is 22.4 Å². The highest BCUT2D eigenvalue weighted by Crippen LogP contribution is 2.28. The van der Waals surface area contributed by atoms with Gasteiger partial charge in [0, 0.05) is 23.5 Å². The zero-order chi connectivity index (χ0) is 13.1. The highest BCUT2D eigenvalue weighted by Gasteiger charge is 2.08. The van der Waals surface area contributed by atoms with Gasteiger partial charge in [0.2, 0.25) is 0 Å². The average molecular weight is 268 g/mol. The first kappa shape index (κ1) is 11.8. The van der Waals surface area contributed by atoms with Crippen LogP contribution in [0.4, 0.5) is 0 Å². The van der Waals surface area contributed by atoms with Crippen LogP contribution in [0.5, 0.6) is 0 Å². The number of aromatic nitrogens is 3. The van der Waals surface area contributed by atoms with Crippen molar-refractivity contribution in [2.75, 3.05) is 0 Å². The summed E-state index contributed by atoms with van der Waals surface area (Å²) in [6.07, 6.45) is 3.48.